The second kappa shape index (κ2) is 5.94. The van der Waals surface area contributed by atoms with E-state index in [0.29, 0.717) is 11.0 Å². The maximum absolute atomic E-state index is 5.40. The summed E-state index contributed by atoms with van der Waals surface area (Å²) in [5, 5.41) is 1.46. The molecule has 2 aromatic rings. The topological polar surface area (TPSA) is 89.6 Å². The zero-order valence-corrected chi connectivity index (χ0v) is 12.0. The smallest absolute Gasteiger partial charge is 0.194 e. The average Bonchev–Trinajstić information content (AvgIpc) is 2.37. The predicted octanol–water partition coefficient (Wildman–Crippen LogP) is 1.88. The summed E-state index contributed by atoms with van der Waals surface area (Å²) >= 11 is 1.41. The number of anilines is 1. The minimum atomic E-state index is 0.596. The summed E-state index contributed by atoms with van der Waals surface area (Å²) in [5.74, 6) is 6.74. The average molecular weight is 276 g/mol. The van der Waals surface area contributed by atoms with Crippen molar-refractivity contribution in [3.05, 3.63) is 29.3 Å². The number of nitrogens with two attached hydrogens (primary N) is 1. The first kappa shape index (κ1) is 13.7. The van der Waals surface area contributed by atoms with E-state index in [1.54, 1.807) is 6.07 Å². The van der Waals surface area contributed by atoms with Gasteiger partial charge in [0, 0.05) is 23.9 Å². The molecule has 2 heterocycles. The maximum atomic E-state index is 5.40. The summed E-state index contributed by atoms with van der Waals surface area (Å²) < 4.78 is 0. The minimum absolute atomic E-state index is 0.596. The first-order valence-electron chi connectivity index (χ1n) is 5.95. The fraction of sp³-hybridized carbons (Fsp3) is 0.333. The second-order valence-corrected chi connectivity index (χ2v) is 5.03. The third-order valence-corrected chi connectivity index (χ3v) is 3.15. The zero-order valence-electron chi connectivity index (χ0n) is 11.1. The van der Waals surface area contributed by atoms with E-state index in [-0.39, 0.29) is 0 Å². The molecular weight excluding hydrogens is 260 g/mol. The molecule has 0 atom stereocenters. The molecule has 6 nitrogen and oxygen atoms in total. The van der Waals surface area contributed by atoms with Gasteiger partial charge in [0.25, 0.3) is 0 Å². The Hall–Kier alpha value is -1.73. The molecule has 19 heavy (non-hydrogen) atoms. The molecule has 0 amide bonds. The number of hydrogen-bond donors (Lipinski definition) is 2. The van der Waals surface area contributed by atoms with Crippen molar-refractivity contribution in [1.29, 1.82) is 0 Å². The highest BCUT2D eigenvalue weighted by Gasteiger charge is 2.07. The van der Waals surface area contributed by atoms with Gasteiger partial charge in [-0.05, 0) is 31.7 Å². The fourth-order valence-corrected chi connectivity index (χ4v) is 2.48. The first-order valence-corrected chi connectivity index (χ1v) is 6.77. The van der Waals surface area contributed by atoms with Crippen LogP contribution in [-0.4, -0.2) is 19.9 Å². The number of hydrogen-bond acceptors (Lipinski definition) is 7. The Morgan fingerprint density at radius 1 is 1.11 bits per heavy atom. The van der Waals surface area contributed by atoms with Gasteiger partial charge in [-0.25, -0.2) is 25.8 Å². The van der Waals surface area contributed by atoms with Crippen molar-refractivity contribution in [3.8, 4) is 0 Å². The molecule has 0 saturated carbocycles. The first-order chi connectivity index (χ1) is 9.10. The summed E-state index contributed by atoms with van der Waals surface area (Å²) in [6.45, 7) is 5.89. The molecule has 0 bridgehead atoms. The van der Waals surface area contributed by atoms with Crippen molar-refractivity contribution in [2.75, 3.05) is 5.43 Å². The summed E-state index contributed by atoms with van der Waals surface area (Å²) in [7, 11) is 0. The van der Waals surface area contributed by atoms with E-state index in [4.69, 9.17) is 5.84 Å². The van der Waals surface area contributed by atoms with E-state index >= 15 is 0 Å². The standard InChI is InChI=1S/C12H16N6S/c1-4-9-16-10(18-13)6-11(17-9)19-12-14-7(2)5-8(3)15-12/h5-6H,4,13H2,1-3H3,(H,16,17,18). The molecule has 0 aliphatic heterocycles. The van der Waals surface area contributed by atoms with Crippen LogP contribution in [0, 0.1) is 13.8 Å². The van der Waals surface area contributed by atoms with Gasteiger partial charge in [0.1, 0.15) is 16.7 Å². The maximum Gasteiger partial charge on any atom is 0.194 e. The Balaban J connectivity index is 2.31. The van der Waals surface area contributed by atoms with E-state index in [0.717, 1.165) is 28.7 Å². The number of nitrogen functional groups attached to an aromatic ring is 1. The highest BCUT2D eigenvalue weighted by molar-refractivity contribution is 7.99. The van der Waals surface area contributed by atoms with Crippen LogP contribution in [0.4, 0.5) is 5.82 Å². The van der Waals surface area contributed by atoms with E-state index in [1.807, 2.05) is 26.8 Å². The van der Waals surface area contributed by atoms with Crippen molar-refractivity contribution >= 4 is 17.6 Å². The van der Waals surface area contributed by atoms with Gasteiger partial charge in [-0.1, -0.05) is 6.92 Å². The van der Waals surface area contributed by atoms with Crippen LogP contribution in [0.15, 0.2) is 22.3 Å². The van der Waals surface area contributed by atoms with Gasteiger partial charge in [0.05, 0.1) is 0 Å². The van der Waals surface area contributed by atoms with Crippen molar-refractivity contribution in [1.82, 2.24) is 19.9 Å². The van der Waals surface area contributed by atoms with E-state index in [9.17, 15) is 0 Å². The Morgan fingerprint density at radius 2 is 1.79 bits per heavy atom. The van der Waals surface area contributed by atoms with E-state index < -0.39 is 0 Å². The lowest BCUT2D eigenvalue weighted by Crippen LogP contribution is -2.10. The van der Waals surface area contributed by atoms with Crippen LogP contribution in [0.2, 0.25) is 0 Å². The molecule has 100 valence electrons. The molecule has 0 saturated heterocycles. The molecule has 0 aromatic carbocycles. The predicted molar refractivity (Wildman–Crippen MR) is 74.8 cm³/mol. The van der Waals surface area contributed by atoms with Crippen molar-refractivity contribution in [2.45, 2.75) is 37.4 Å². The van der Waals surface area contributed by atoms with Gasteiger partial charge in [0.2, 0.25) is 0 Å². The molecule has 7 heteroatoms. The van der Waals surface area contributed by atoms with Crippen LogP contribution in [-0.2, 0) is 6.42 Å². The number of hydrazine groups is 1. The number of nitrogens with one attached hydrogen (secondary N) is 1. The number of rotatable bonds is 4. The van der Waals surface area contributed by atoms with Crippen LogP contribution < -0.4 is 11.3 Å². The van der Waals surface area contributed by atoms with Crippen LogP contribution in [0.3, 0.4) is 0 Å². The van der Waals surface area contributed by atoms with Gasteiger partial charge in [-0.15, -0.1) is 0 Å². The van der Waals surface area contributed by atoms with Crippen LogP contribution in [0.1, 0.15) is 24.1 Å². The molecule has 2 rings (SSSR count). The number of nitrogens with zero attached hydrogens (tertiary/aromatic N) is 4. The largest absolute Gasteiger partial charge is 0.308 e. The molecule has 0 aliphatic carbocycles. The summed E-state index contributed by atoms with van der Waals surface area (Å²) in [6, 6.07) is 3.72. The highest BCUT2D eigenvalue weighted by Crippen LogP contribution is 2.24. The zero-order chi connectivity index (χ0) is 13.8. The molecule has 0 aliphatic rings. The van der Waals surface area contributed by atoms with Crippen molar-refractivity contribution < 1.29 is 0 Å². The van der Waals surface area contributed by atoms with Crippen molar-refractivity contribution in [3.63, 3.8) is 0 Å². The third kappa shape index (κ3) is 3.62. The van der Waals surface area contributed by atoms with Gasteiger partial charge in [0.15, 0.2) is 5.16 Å². The lowest BCUT2D eigenvalue weighted by molar-refractivity contribution is 0.872. The fourth-order valence-electron chi connectivity index (χ4n) is 1.59. The van der Waals surface area contributed by atoms with E-state index in [1.165, 1.54) is 11.8 Å². The lowest BCUT2D eigenvalue weighted by atomic mass is 10.4. The Kier molecular flexibility index (Phi) is 4.28. The summed E-state index contributed by atoms with van der Waals surface area (Å²) in [6.07, 6.45) is 0.747. The van der Waals surface area contributed by atoms with Gasteiger partial charge < -0.3 is 5.43 Å². The molecule has 0 radical (unpaired) electrons. The Labute approximate surface area is 116 Å². The minimum Gasteiger partial charge on any atom is -0.308 e. The van der Waals surface area contributed by atoms with Gasteiger partial charge in [-0.3, -0.25) is 0 Å². The summed E-state index contributed by atoms with van der Waals surface area (Å²) in [5.41, 5.74) is 4.43. The SMILES string of the molecule is CCc1nc(NN)cc(Sc2nc(C)cc(C)n2)n1. The monoisotopic (exact) mass is 276 g/mol. The van der Waals surface area contributed by atoms with Crippen LogP contribution in [0.5, 0.6) is 0 Å². The molecule has 3 N–H and O–H groups in total. The van der Waals surface area contributed by atoms with Gasteiger partial charge >= 0.3 is 0 Å². The highest BCUT2D eigenvalue weighted by atomic mass is 32.2. The quantitative estimate of drug-likeness (QED) is 0.381. The molecular formula is C12H16N6S. The van der Waals surface area contributed by atoms with Crippen LogP contribution >= 0.6 is 11.8 Å². The summed E-state index contributed by atoms with van der Waals surface area (Å²) in [4.78, 5) is 17.4. The third-order valence-electron chi connectivity index (χ3n) is 2.37. The lowest BCUT2D eigenvalue weighted by Gasteiger charge is -2.06. The molecule has 0 spiro atoms. The molecule has 0 fully saturated rings. The Morgan fingerprint density at radius 3 is 2.37 bits per heavy atom. The molecule has 2 aromatic heterocycles. The van der Waals surface area contributed by atoms with Crippen molar-refractivity contribution in [2.24, 2.45) is 5.84 Å². The normalized spacial score (nSPS) is 10.5. The van der Waals surface area contributed by atoms with Crippen LogP contribution in [0.25, 0.3) is 0 Å². The van der Waals surface area contributed by atoms with E-state index in [2.05, 4.69) is 25.4 Å². The van der Waals surface area contributed by atoms with Gasteiger partial charge in [-0.2, -0.15) is 0 Å². The number of aromatic nitrogens is 4. The molecule has 0 unspecified atom stereocenters. The second-order valence-electron chi connectivity index (χ2n) is 4.04. The Bertz CT molecular complexity index is 544. The number of aryl methyl sites for hydroxylation is 3.